The molecule has 2 aromatic rings. The van der Waals surface area contributed by atoms with Crippen LogP contribution in [-0.4, -0.2) is 20.1 Å². The van der Waals surface area contributed by atoms with Gasteiger partial charge in [-0.2, -0.15) is 0 Å². The number of hydrogen-bond acceptors (Lipinski definition) is 3. The predicted octanol–water partition coefficient (Wildman–Crippen LogP) is 2.76. The lowest BCUT2D eigenvalue weighted by molar-refractivity contribution is 0.472. The Labute approximate surface area is 124 Å². The number of aromatic hydroxyl groups is 1. The number of phenolic OH excluding ortho intramolecular Hbond substituents is 1. The third-order valence-corrected chi connectivity index (χ3v) is 5.69. The number of nitrogens with zero attached hydrogens (tertiary/aromatic N) is 1. The molecule has 1 heterocycles. The van der Waals surface area contributed by atoms with E-state index < -0.39 is 10.0 Å². The molecule has 110 valence electrons. The van der Waals surface area contributed by atoms with E-state index in [9.17, 15) is 13.5 Å². The second-order valence-corrected chi connectivity index (χ2v) is 7.24. The van der Waals surface area contributed by atoms with E-state index in [1.54, 1.807) is 31.2 Å². The SMILES string of the molecule is Cc1ccc(S(=O)(=O)N2CCc3ccc(C)c(O)c32)cc1. The fourth-order valence-corrected chi connectivity index (χ4v) is 4.12. The molecule has 0 spiro atoms. The molecule has 0 aliphatic carbocycles. The summed E-state index contributed by atoms with van der Waals surface area (Å²) in [6.07, 6.45) is 0.619. The van der Waals surface area contributed by atoms with Gasteiger partial charge < -0.3 is 5.11 Å². The van der Waals surface area contributed by atoms with Crippen LogP contribution in [0.5, 0.6) is 5.75 Å². The number of sulfonamides is 1. The van der Waals surface area contributed by atoms with Crippen LogP contribution in [0.4, 0.5) is 5.69 Å². The minimum Gasteiger partial charge on any atom is -0.505 e. The summed E-state index contributed by atoms with van der Waals surface area (Å²) < 4.78 is 26.9. The van der Waals surface area contributed by atoms with Gasteiger partial charge in [0.05, 0.1) is 10.6 Å². The van der Waals surface area contributed by atoms with Gasteiger partial charge in [-0.25, -0.2) is 8.42 Å². The molecule has 0 atom stereocenters. The third kappa shape index (κ3) is 2.17. The average Bonchev–Trinajstić information content (AvgIpc) is 2.89. The van der Waals surface area contributed by atoms with E-state index in [4.69, 9.17) is 0 Å². The molecule has 0 aromatic heterocycles. The fourth-order valence-electron chi connectivity index (χ4n) is 2.61. The zero-order chi connectivity index (χ0) is 15.2. The van der Waals surface area contributed by atoms with Gasteiger partial charge in [0.25, 0.3) is 10.0 Å². The lowest BCUT2D eigenvalue weighted by Gasteiger charge is -2.21. The highest BCUT2D eigenvalue weighted by molar-refractivity contribution is 7.92. The van der Waals surface area contributed by atoms with E-state index >= 15 is 0 Å². The van der Waals surface area contributed by atoms with Gasteiger partial charge in [0.2, 0.25) is 0 Å². The summed E-state index contributed by atoms with van der Waals surface area (Å²) in [5.74, 6) is 0.0562. The molecular formula is C16H17NO3S. The second kappa shape index (κ2) is 4.77. The van der Waals surface area contributed by atoms with Crippen LogP contribution >= 0.6 is 0 Å². The van der Waals surface area contributed by atoms with E-state index in [0.717, 1.165) is 11.1 Å². The molecule has 0 unspecified atom stereocenters. The van der Waals surface area contributed by atoms with Crippen molar-refractivity contribution in [2.75, 3.05) is 10.8 Å². The highest BCUT2D eigenvalue weighted by Gasteiger charge is 2.33. The third-order valence-electron chi connectivity index (χ3n) is 3.88. The molecule has 0 fully saturated rings. The van der Waals surface area contributed by atoms with Crippen LogP contribution in [-0.2, 0) is 16.4 Å². The van der Waals surface area contributed by atoms with E-state index in [-0.39, 0.29) is 10.6 Å². The molecule has 3 rings (SSSR count). The molecule has 1 N–H and O–H groups in total. The van der Waals surface area contributed by atoms with Gasteiger partial charge in [0.1, 0.15) is 5.75 Å². The van der Waals surface area contributed by atoms with Gasteiger partial charge in [-0.15, -0.1) is 0 Å². The first-order valence-electron chi connectivity index (χ1n) is 6.82. The van der Waals surface area contributed by atoms with Crippen LogP contribution in [0.2, 0.25) is 0 Å². The molecule has 0 saturated heterocycles. The highest BCUT2D eigenvalue weighted by atomic mass is 32.2. The molecule has 5 heteroatoms. The van der Waals surface area contributed by atoms with Crippen molar-refractivity contribution in [1.82, 2.24) is 0 Å². The number of benzene rings is 2. The maximum absolute atomic E-state index is 12.8. The largest absolute Gasteiger partial charge is 0.505 e. The Kier molecular flexibility index (Phi) is 3.17. The monoisotopic (exact) mass is 303 g/mol. The molecule has 1 aliphatic rings. The fraction of sp³-hybridized carbons (Fsp3) is 0.250. The summed E-state index contributed by atoms with van der Waals surface area (Å²) in [7, 11) is -3.63. The quantitative estimate of drug-likeness (QED) is 0.928. The van der Waals surface area contributed by atoms with Gasteiger partial charge in [-0.3, -0.25) is 4.31 Å². The minimum atomic E-state index is -3.63. The first-order chi connectivity index (χ1) is 9.91. The Morgan fingerprint density at radius 3 is 2.38 bits per heavy atom. The second-order valence-electron chi connectivity index (χ2n) is 5.38. The predicted molar refractivity (Wildman–Crippen MR) is 82.3 cm³/mol. The van der Waals surface area contributed by atoms with Gasteiger partial charge in [-0.1, -0.05) is 29.8 Å². The molecule has 21 heavy (non-hydrogen) atoms. The Bertz CT molecular complexity index is 795. The first kappa shape index (κ1) is 13.9. The van der Waals surface area contributed by atoms with Crippen molar-refractivity contribution >= 4 is 15.7 Å². The van der Waals surface area contributed by atoms with Crippen LogP contribution in [0.15, 0.2) is 41.3 Å². The molecule has 2 aromatic carbocycles. The molecule has 0 amide bonds. The maximum Gasteiger partial charge on any atom is 0.264 e. The van der Waals surface area contributed by atoms with Gasteiger partial charge in [0.15, 0.2) is 0 Å². The lowest BCUT2D eigenvalue weighted by Crippen LogP contribution is -2.29. The zero-order valence-electron chi connectivity index (χ0n) is 12.0. The number of rotatable bonds is 2. The van der Waals surface area contributed by atoms with Gasteiger partial charge >= 0.3 is 0 Å². The molecular weight excluding hydrogens is 286 g/mol. The van der Waals surface area contributed by atoms with Crippen molar-refractivity contribution in [1.29, 1.82) is 0 Å². The smallest absolute Gasteiger partial charge is 0.264 e. The number of anilines is 1. The number of phenols is 1. The number of hydrogen-bond donors (Lipinski definition) is 1. The van der Waals surface area contributed by atoms with Crippen LogP contribution in [0.25, 0.3) is 0 Å². The first-order valence-corrected chi connectivity index (χ1v) is 8.26. The Balaban J connectivity index is 2.12. The maximum atomic E-state index is 12.8. The van der Waals surface area contributed by atoms with Crippen molar-refractivity contribution in [2.45, 2.75) is 25.2 Å². The summed E-state index contributed by atoms with van der Waals surface area (Å²) in [6, 6.07) is 10.5. The molecule has 4 nitrogen and oxygen atoms in total. The number of aryl methyl sites for hydroxylation is 2. The molecule has 0 saturated carbocycles. The van der Waals surface area contributed by atoms with Crippen molar-refractivity contribution in [2.24, 2.45) is 0 Å². The lowest BCUT2D eigenvalue weighted by atomic mass is 10.1. The Morgan fingerprint density at radius 1 is 1.05 bits per heavy atom. The Morgan fingerprint density at radius 2 is 1.71 bits per heavy atom. The van der Waals surface area contributed by atoms with Gasteiger partial charge in [-0.05, 0) is 43.5 Å². The van der Waals surface area contributed by atoms with Crippen molar-refractivity contribution in [3.8, 4) is 5.75 Å². The Hall–Kier alpha value is -2.01. The van der Waals surface area contributed by atoms with E-state index in [0.29, 0.717) is 24.2 Å². The molecule has 0 bridgehead atoms. The van der Waals surface area contributed by atoms with E-state index in [1.807, 2.05) is 19.1 Å². The van der Waals surface area contributed by atoms with Gasteiger partial charge in [0, 0.05) is 6.54 Å². The van der Waals surface area contributed by atoms with Crippen LogP contribution in [0.3, 0.4) is 0 Å². The standard InChI is InChI=1S/C16H17NO3S/c1-11-3-7-14(8-4-11)21(19,20)17-10-9-13-6-5-12(2)16(18)15(13)17/h3-8,18H,9-10H2,1-2H3. The summed E-state index contributed by atoms with van der Waals surface area (Å²) in [6.45, 7) is 4.05. The summed E-state index contributed by atoms with van der Waals surface area (Å²) in [5, 5.41) is 10.2. The van der Waals surface area contributed by atoms with Crippen LogP contribution in [0, 0.1) is 13.8 Å². The van der Waals surface area contributed by atoms with E-state index in [2.05, 4.69) is 0 Å². The van der Waals surface area contributed by atoms with Crippen LogP contribution in [0.1, 0.15) is 16.7 Å². The molecule has 0 radical (unpaired) electrons. The zero-order valence-corrected chi connectivity index (χ0v) is 12.8. The summed E-state index contributed by atoms with van der Waals surface area (Å²) >= 11 is 0. The highest BCUT2D eigenvalue weighted by Crippen LogP contribution is 2.41. The summed E-state index contributed by atoms with van der Waals surface area (Å²) in [5.41, 5.74) is 2.98. The number of fused-ring (bicyclic) bond motifs is 1. The van der Waals surface area contributed by atoms with Crippen molar-refractivity contribution in [3.63, 3.8) is 0 Å². The van der Waals surface area contributed by atoms with Crippen molar-refractivity contribution in [3.05, 3.63) is 53.1 Å². The normalized spacial score (nSPS) is 14.3. The topological polar surface area (TPSA) is 57.6 Å². The molecule has 1 aliphatic heterocycles. The van der Waals surface area contributed by atoms with Crippen LogP contribution < -0.4 is 4.31 Å². The average molecular weight is 303 g/mol. The van der Waals surface area contributed by atoms with E-state index in [1.165, 1.54) is 4.31 Å². The minimum absolute atomic E-state index is 0.0562. The van der Waals surface area contributed by atoms with Crippen molar-refractivity contribution < 1.29 is 13.5 Å². The summed E-state index contributed by atoms with van der Waals surface area (Å²) in [4.78, 5) is 0.252.